The maximum absolute atomic E-state index is 14.9. The lowest BCUT2D eigenvalue weighted by molar-refractivity contribution is -0.167. The van der Waals surface area contributed by atoms with Gasteiger partial charge in [0.25, 0.3) is 0 Å². The molecular weight excluding hydrogens is 654 g/mol. The van der Waals surface area contributed by atoms with Gasteiger partial charge in [-0.1, -0.05) is 42.4 Å². The molecule has 4 aliphatic rings. The van der Waals surface area contributed by atoms with Gasteiger partial charge in [0, 0.05) is 79.7 Å². The second-order valence-electron chi connectivity index (χ2n) is 15.5. The first-order chi connectivity index (χ1) is 25.1. The van der Waals surface area contributed by atoms with E-state index in [4.69, 9.17) is 4.42 Å². The molecule has 10 nitrogen and oxygen atoms in total. The number of hydrogen-bond acceptors (Lipinski definition) is 5. The summed E-state index contributed by atoms with van der Waals surface area (Å²) in [6.07, 6.45) is 11.3. The van der Waals surface area contributed by atoms with Crippen LogP contribution in [0.3, 0.4) is 0 Å². The molecule has 3 atom stereocenters. The fourth-order valence-electron chi connectivity index (χ4n) is 8.88. The van der Waals surface area contributed by atoms with Crippen molar-refractivity contribution >= 4 is 34.5 Å². The fraction of sp³-hybridized carbons (Fsp3) is 0.524. The number of amides is 4. The van der Waals surface area contributed by atoms with Crippen LogP contribution in [0.15, 0.2) is 64.3 Å². The molecule has 0 radical (unpaired) electrons. The number of hydrogen-bond donors (Lipinski definition) is 2. The van der Waals surface area contributed by atoms with Gasteiger partial charge in [-0.2, -0.15) is 0 Å². The van der Waals surface area contributed by atoms with Crippen molar-refractivity contribution in [3.05, 3.63) is 71.2 Å². The maximum Gasteiger partial charge on any atom is 0.228 e. The van der Waals surface area contributed by atoms with Crippen LogP contribution in [0.1, 0.15) is 83.9 Å². The van der Waals surface area contributed by atoms with E-state index >= 15 is 0 Å². The zero-order valence-electron chi connectivity index (χ0n) is 31.1. The van der Waals surface area contributed by atoms with E-state index in [1.54, 1.807) is 6.26 Å². The predicted octanol–water partition coefficient (Wildman–Crippen LogP) is 6.33. The van der Waals surface area contributed by atoms with Crippen LogP contribution >= 0.6 is 0 Å². The molecule has 2 N–H and O–H groups in total. The van der Waals surface area contributed by atoms with Crippen molar-refractivity contribution in [1.82, 2.24) is 25.0 Å². The lowest BCUT2D eigenvalue weighted by Gasteiger charge is -2.56. The minimum atomic E-state index is -0.884. The summed E-state index contributed by atoms with van der Waals surface area (Å²) in [4.78, 5) is 65.1. The minimum absolute atomic E-state index is 0.000911. The van der Waals surface area contributed by atoms with Crippen molar-refractivity contribution < 1.29 is 23.6 Å². The van der Waals surface area contributed by atoms with E-state index in [0.717, 1.165) is 59.2 Å². The Kier molecular flexibility index (Phi) is 10.2. The predicted molar refractivity (Wildman–Crippen MR) is 201 cm³/mol. The number of fused-ring (bicyclic) bond motifs is 5. The normalized spacial score (nSPS) is 23.3. The van der Waals surface area contributed by atoms with Gasteiger partial charge in [0.2, 0.25) is 23.6 Å². The number of rotatable bonds is 11. The third-order valence-electron chi connectivity index (χ3n) is 11.9. The molecule has 52 heavy (non-hydrogen) atoms. The summed E-state index contributed by atoms with van der Waals surface area (Å²) in [5.41, 5.74) is 5.60. The van der Waals surface area contributed by atoms with Crippen molar-refractivity contribution in [1.29, 1.82) is 0 Å². The molecule has 0 unspecified atom stereocenters. The van der Waals surface area contributed by atoms with Crippen LogP contribution in [0, 0.1) is 17.8 Å². The van der Waals surface area contributed by atoms with Crippen molar-refractivity contribution in [2.75, 3.05) is 39.3 Å². The Balaban J connectivity index is 1.16. The second-order valence-corrected chi connectivity index (χ2v) is 15.5. The van der Waals surface area contributed by atoms with Crippen LogP contribution in [-0.4, -0.2) is 82.6 Å². The molecule has 5 heterocycles. The molecule has 0 spiro atoms. The Bertz CT molecular complexity index is 1890. The number of allylic oxidation sites excluding steroid dienone is 3. The zero-order chi connectivity index (χ0) is 36.6. The largest absolute Gasteiger partial charge is 0.464 e. The third kappa shape index (κ3) is 6.84. The van der Waals surface area contributed by atoms with Gasteiger partial charge in [0.1, 0.15) is 5.76 Å². The maximum atomic E-state index is 14.9. The Hall–Kier alpha value is -4.60. The molecule has 3 aliphatic heterocycles. The highest BCUT2D eigenvalue weighted by molar-refractivity contribution is 5.94. The number of piperidine rings is 1. The van der Waals surface area contributed by atoms with Gasteiger partial charge in [-0.25, -0.2) is 0 Å². The summed E-state index contributed by atoms with van der Waals surface area (Å²) in [5, 5.41) is 4.11. The summed E-state index contributed by atoms with van der Waals surface area (Å²) < 4.78 is 5.69. The highest BCUT2D eigenvalue weighted by Gasteiger charge is 2.59. The van der Waals surface area contributed by atoms with Gasteiger partial charge in [-0.05, 0) is 89.5 Å². The lowest BCUT2D eigenvalue weighted by Crippen LogP contribution is -2.66. The molecular formula is C42H53N5O5. The van der Waals surface area contributed by atoms with Crippen LogP contribution < -0.4 is 5.32 Å². The SMILES string of the molecule is CC[C@]12c3[nH]c4cc(-c5ccco5)ccc4c3CCN1C(=O)[C@@H](CC(=O)NC/C=C(\C)CCC=C(C)C)C[C@@H]2C(=O)N1CCN(C(=O)C2CC2)CC1. The molecule has 1 aliphatic carbocycles. The minimum Gasteiger partial charge on any atom is -0.464 e. The Labute approximate surface area is 306 Å². The van der Waals surface area contributed by atoms with Gasteiger partial charge in [-0.15, -0.1) is 0 Å². The monoisotopic (exact) mass is 707 g/mol. The summed E-state index contributed by atoms with van der Waals surface area (Å²) in [6.45, 7) is 11.2. The number of benzene rings is 1. The topological polar surface area (TPSA) is 119 Å². The quantitative estimate of drug-likeness (QED) is 0.226. The Morgan fingerprint density at radius 1 is 1.00 bits per heavy atom. The van der Waals surface area contributed by atoms with Crippen LogP contribution in [0.2, 0.25) is 0 Å². The number of nitrogens with zero attached hydrogens (tertiary/aromatic N) is 3. The molecule has 4 amide bonds. The van der Waals surface area contributed by atoms with Crippen molar-refractivity contribution in [2.45, 2.75) is 84.6 Å². The van der Waals surface area contributed by atoms with Crippen molar-refractivity contribution in [3.8, 4) is 11.3 Å². The van der Waals surface area contributed by atoms with E-state index in [-0.39, 0.29) is 36.0 Å². The molecule has 3 fully saturated rings. The summed E-state index contributed by atoms with van der Waals surface area (Å²) >= 11 is 0. The number of aromatic nitrogens is 1. The molecule has 1 saturated carbocycles. The standard InChI is InChI=1S/C42H53N5O5/c1-5-42-34(41(51)46-21-19-45(20-22-46)39(49)29-11-12-29)24-31(26-37(48)43-17-15-28(4)9-6-8-27(2)3)40(50)47(42)18-16-33-32-14-13-30(36-10-7-23-52-36)25-35(32)44-38(33)42/h7-8,10,13-15,23,25,29,31,34,44H,5-6,9,11-12,16-22,24,26H2,1-4H3,(H,43,48)/b28-15+/t31-,34-,42+/m1/s1. The summed E-state index contributed by atoms with van der Waals surface area (Å²) in [7, 11) is 0. The van der Waals surface area contributed by atoms with E-state index in [0.29, 0.717) is 58.5 Å². The third-order valence-corrected chi connectivity index (χ3v) is 11.9. The van der Waals surface area contributed by atoms with E-state index in [9.17, 15) is 19.2 Å². The number of aromatic amines is 1. The Morgan fingerprint density at radius 2 is 1.75 bits per heavy atom. The first-order valence-corrected chi connectivity index (χ1v) is 19.2. The second kappa shape index (κ2) is 14.8. The van der Waals surface area contributed by atoms with Crippen LogP contribution in [0.5, 0.6) is 0 Å². The molecule has 1 aromatic carbocycles. The number of nitrogens with one attached hydrogen (secondary N) is 2. The highest BCUT2D eigenvalue weighted by Crippen LogP contribution is 2.52. The average Bonchev–Trinajstić information content (AvgIpc) is 3.70. The molecule has 3 aromatic rings. The molecule has 0 bridgehead atoms. The smallest absolute Gasteiger partial charge is 0.228 e. The molecule has 276 valence electrons. The van der Waals surface area contributed by atoms with Crippen LogP contribution in [0.25, 0.3) is 22.2 Å². The number of H-pyrrole nitrogens is 1. The van der Waals surface area contributed by atoms with Crippen molar-refractivity contribution in [2.24, 2.45) is 17.8 Å². The van der Waals surface area contributed by atoms with Gasteiger partial charge >= 0.3 is 0 Å². The number of carbonyl (C=O) groups excluding carboxylic acids is 4. The highest BCUT2D eigenvalue weighted by atomic mass is 16.3. The molecule has 2 saturated heterocycles. The first-order valence-electron chi connectivity index (χ1n) is 19.2. The molecule has 10 heteroatoms. The number of furan rings is 1. The van der Waals surface area contributed by atoms with E-state index in [1.165, 1.54) is 11.1 Å². The van der Waals surface area contributed by atoms with Gasteiger partial charge in [0.05, 0.1) is 17.7 Å². The average molecular weight is 708 g/mol. The summed E-state index contributed by atoms with van der Waals surface area (Å²) in [6, 6.07) is 10.1. The first kappa shape index (κ1) is 35.8. The van der Waals surface area contributed by atoms with E-state index < -0.39 is 17.4 Å². The van der Waals surface area contributed by atoms with E-state index in [1.807, 2.05) is 32.9 Å². The number of piperazine rings is 1. The van der Waals surface area contributed by atoms with Crippen LogP contribution in [-0.2, 0) is 31.1 Å². The van der Waals surface area contributed by atoms with Crippen molar-refractivity contribution in [3.63, 3.8) is 0 Å². The lowest BCUT2D eigenvalue weighted by atomic mass is 9.65. The van der Waals surface area contributed by atoms with Gasteiger partial charge in [0.15, 0.2) is 0 Å². The fourth-order valence-corrected chi connectivity index (χ4v) is 8.88. The zero-order valence-corrected chi connectivity index (χ0v) is 31.1. The van der Waals surface area contributed by atoms with Gasteiger partial charge in [-0.3, -0.25) is 19.2 Å². The van der Waals surface area contributed by atoms with Gasteiger partial charge < -0.3 is 29.4 Å². The van der Waals surface area contributed by atoms with E-state index in [2.05, 4.69) is 62.3 Å². The molecule has 2 aromatic heterocycles. The summed E-state index contributed by atoms with van der Waals surface area (Å²) in [5.74, 6) is -0.262. The van der Waals surface area contributed by atoms with Crippen LogP contribution in [0.4, 0.5) is 0 Å². The molecule has 7 rings (SSSR count). The Morgan fingerprint density at radius 3 is 2.42 bits per heavy atom. The number of carbonyl (C=O) groups is 4.